The van der Waals surface area contributed by atoms with Gasteiger partial charge in [0.05, 0.1) is 30.9 Å². The van der Waals surface area contributed by atoms with Crippen molar-refractivity contribution in [3.63, 3.8) is 0 Å². The van der Waals surface area contributed by atoms with E-state index in [0.717, 1.165) is 15.6 Å². The van der Waals surface area contributed by atoms with Gasteiger partial charge in [-0.1, -0.05) is 22.0 Å². The number of hydrogen-bond acceptors (Lipinski definition) is 6. The second-order valence-electron chi connectivity index (χ2n) is 7.34. The lowest BCUT2D eigenvalue weighted by atomic mass is 9.97. The number of hydrogen-bond donors (Lipinski definition) is 0. The van der Waals surface area contributed by atoms with Crippen molar-refractivity contribution in [2.45, 2.75) is 12.5 Å². The van der Waals surface area contributed by atoms with E-state index in [0.29, 0.717) is 29.2 Å². The number of nitrogens with zero attached hydrogens (tertiary/aromatic N) is 3. The largest absolute Gasteiger partial charge is 0.493 e. The zero-order valence-corrected chi connectivity index (χ0v) is 19.5. The summed E-state index contributed by atoms with van der Waals surface area (Å²) in [4.78, 5) is 24.0. The maximum absolute atomic E-state index is 13.4. The first-order valence-electron chi connectivity index (χ1n) is 10.0. The molecule has 3 aromatic carbocycles. The van der Waals surface area contributed by atoms with Crippen molar-refractivity contribution in [3.05, 3.63) is 98.0 Å². The Balaban J connectivity index is 1.73. The summed E-state index contributed by atoms with van der Waals surface area (Å²) in [5, 5.41) is 17.1. The van der Waals surface area contributed by atoms with Gasteiger partial charge < -0.3 is 9.47 Å². The lowest BCUT2D eigenvalue weighted by molar-refractivity contribution is -0.384. The lowest BCUT2D eigenvalue weighted by Gasteiger charge is -2.23. The van der Waals surface area contributed by atoms with E-state index in [9.17, 15) is 14.9 Å². The molecule has 0 N–H and O–H groups in total. The number of carbonyl (C=O) groups is 1. The standard InChI is InChI=1S/C24H20BrN3O5/c1-32-22-12-7-17(13-23(22)33-2)21-14-20(15-5-10-19(11-6-15)28(30)31)26-27(21)24(29)16-3-8-18(25)9-4-16/h3-13,21H,14H2,1-2H3/t21-/m1/s1. The van der Waals surface area contributed by atoms with Crippen LogP contribution in [-0.2, 0) is 0 Å². The van der Waals surface area contributed by atoms with E-state index in [2.05, 4.69) is 21.0 Å². The zero-order valence-electron chi connectivity index (χ0n) is 17.9. The maximum Gasteiger partial charge on any atom is 0.274 e. The predicted octanol–water partition coefficient (Wildman–Crippen LogP) is 5.37. The van der Waals surface area contributed by atoms with Crippen LogP contribution in [0.4, 0.5) is 5.69 Å². The first-order chi connectivity index (χ1) is 15.9. The molecular formula is C24H20BrN3O5. The summed E-state index contributed by atoms with van der Waals surface area (Å²) in [5.41, 5.74) is 2.71. The number of hydrazone groups is 1. The number of nitro benzene ring substituents is 1. The van der Waals surface area contributed by atoms with Gasteiger partial charge in [0.25, 0.3) is 11.6 Å². The summed E-state index contributed by atoms with van der Waals surface area (Å²) >= 11 is 3.39. The van der Waals surface area contributed by atoms with Crippen LogP contribution in [0.2, 0.25) is 0 Å². The first kappa shape index (κ1) is 22.5. The summed E-state index contributed by atoms with van der Waals surface area (Å²) in [5.74, 6) is 0.885. The lowest BCUT2D eigenvalue weighted by Crippen LogP contribution is -2.27. The fraction of sp³-hybridized carbons (Fsp3) is 0.167. The van der Waals surface area contributed by atoms with Crippen molar-refractivity contribution in [3.8, 4) is 11.5 Å². The molecule has 0 spiro atoms. The number of non-ortho nitro benzene ring substituents is 1. The Labute approximate surface area is 198 Å². The molecule has 0 saturated heterocycles. The van der Waals surface area contributed by atoms with Crippen molar-refractivity contribution in [1.29, 1.82) is 0 Å². The Bertz CT molecular complexity index is 1230. The van der Waals surface area contributed by atoms with E-state index in [1.54, 1.807) is 56.7 Å². The van der Waals surface area contributed by atoms with Crippen LogP contribution >= 0.6 is 15.9 Å². The number of halogens is 1. The molecule has 0 saturated carbocycles. The van der Waals surface area contributed by atoms with E-state index in [1.165, 1.54) is 17.1 Å². The van der Waals surface area contributed by atoms with Gasteiger partial charge >= 0.3 is 0 Å². The Hall–Kier alpha value is -3.72. The zero-order chi connectivity index (χ0) is 23.5. The molecule has 1 amide bonds. The highest BCUT2D eigenvalue weighted by Gasteiger charge is 2.34. The Morgan fingerprint density at radius 1 is 1.03 bits per heavy atom. The minimum atomic E-state index is -0.448. The molecule has 1 atom stereocenters. The molecule has 1 aliphatic rings. The molecule has 0 bridgehead atoms. The van der Waals surface area contributed by atoms with Crippen LogP contribution in [0.25, 0.3) is 0 Å². The highest BCUT2D eigenvalue weighted by molar-refractivity contribution is 9.10. The average Bonchev–Trinajstić information content (AvgIpc) is 3.29. The first-order valence-corrected chi connectivity index (χ1v) is 10.8. The quantitative estimate of drug-likeness (QED) is 0.329. The summed E-state index contributed by atoms with van der Waals surface area (Å²) in [6.07, 6.45) is 0.440. The van der Waals surface area contributed by atoms with Gasteiger partial charge in [-0.05, 0) is 59.7 Å². The van der Waals surface area contributed by atoms with Gasteiger partial charge in [0.2, 0.25) is 0 Å². The van der Waals surface area contributed by atoms with E-state index in [4.69, 9.17) is 9.47 Å². The molecule has 0 aromatic heterocycles. The van der Waals surface area contributed by atoms with E-state index < -0.39 is 4.92 Å². The number of carbonyl (C=O) groups excluding carboxylic acids is 1. The maximum atomic E-state index is 13.4. The number of rotatable bonds is 6. The van der Waals surface area contributed by atoms with Crippen LogP contribution in [0, 0.1) is 10.1 Å². The second-order valence-corrected chi connectivity index (χ2v) is 8.26. The number of methoxy groups -OCH3 is 2. The smallest absolute Gasteiger partial charge is 0.274 e. The number of amides is 1. The SMILES string of the molecule is COc1ccc([C@H]2CC(c3ccc([N+](=O)[O-])cc3)=NN2C(=O)c2ccc(Br)cc2)cc1OC. The van der Waals surface area contributed by atoms with Gasteiger partial charge in [-0.3, -0.25) is 14.9 Å². The molecule has 4 rings (SSSR count). The fourth-order valence-electron chi connectivity index (χ4n) is 3.69. The third-order valence-corrected chi connectivity index (χ3v) is 5.94. The third kappa shape index (κ3) is 4.58. The highest BCUT2D eigenvalue weighted by atomic mass is 79.9. The molecule has 0 radical (unpaired) electrons. The number of ether oxygens (including phenoxy) is 2. The Morgan fingerprint density at radius 2 is 1.70 bits per heavy atom. The van der Waals surface area contributed by atoms with Crippen molar-refractivity contribution in [2.75, 3.05) is 14.2 Å². The minimum Gasteiger partial charge on any atom is -0.493 e. The van der Waals surface area contributed by atoms with Gasteiger partial charge in [0.15, 0.2) is 11.5 Å². The van der Waals surface area contributed by atoms with Gasteiger partial charge in [-0.15, -0.1) is 0 Å². The van der Waals surface area contributed by atoms with Crippen LogP contribution in [0.15, 0.2) is 76.3 Å². The molecule has 1 heterocycles. The summed E-state index contributed by atoms with van der Waals surface area (Å²) in [7, 11) is 3.12. The monoisotopic (exact) mass is 509 g/mol. The topological polar surface area (TPSA) is 94.3 Å². The van der Waals surface area contributed by atoms with Crippen molar-refractivity contribution >= 4 is 33.2 Å². The van der Waals surface area contributed by atoms with Crippen LogP contribution < -0.4 is 9.47 Å². The van der Waals surface area contributed by atoms with Gasteiger partial charge in [-0.25, -0.2) is 5.01 Å². The van der Waals surface area contributed by atoms with E-state index in [-0.39, 0.29) is 17.6 Å². The Morgan fingerprint density at radius 3 is 2.30 bits per heavy atom. The van der Waals surface area contributed by atoms with Crippen molar-refractivity contribution in [1.82, 2.24) is 5.01 Å². The van der Waals surface area contributed by atoms with Crippen LogP contribution in [0.5, 0.6) is 11.5 Å². The normalized spacial score (nSPS) is 15.2. The second kappa shape index (κ2) is 9.41. The van der Waals surface area contributed by atoms with Crippen LogP contribution in [0.3, 0.4) is 0 Å². The van der Waals surface area contributed by atoms with E-state index >= 15 is 0 Å². The molecule has 33 heavy (non-hydrogen) atoms. The minimum absolute atomic E-state index is 0.00316. The molecule has 0 fully saturated rings. The number of benzene rings is 3. The Kier molecular flexibility index (Phi) is 6.41. The van der Waals surface area contributed by atoms with E-state index in [1.807, 2.05) is 12.1 Å². The van der Waals surface area contributed by atoms with Crippen molar-refractivity contribution < 1.29 is 19.2 Å². The van der Waals surface area contributed by atoms with Gasteiger partial charge in [0, 0.05) is 28.6 Å². The summed E-state index contributed by atoms with van der Waals surface area (Å²) < 4.78 is 11.6. The molecule has 0 unspecified atom stereocenters. The van der Waals surface area contributed by atoms with Crippen LogP contribution in [0.1, 0.15) is 33.9 Å². The van der Waals surface area contributed by atoms with Gasteiger partial charge in [-0.2, -0.15) is 5.10 Å². The fourth-order valence-corrected chi connectivity index (χ4v) is 3.96. The molecular weight excluding hydrogens is 490 g/mol. The molecule has 8 nitrogen and oxygen atoms in total. The molecule has 1 aliphatic heterocycles. The van der Waals surface area contributed by atoms with Crippen molar-refractivity contribution in [2.24, 2.45) is 5.10 Å². The third-order valence-electron chi connectivity index (χ3n) is 5.41. The highest BCUT2D eigenvalue weighted by Crippen LogP contribution is 2.38. The summed E-state index contributed by atoms with van der Waals surface area (Å²) in [6.45, 7) is 0. The molecule has 168 valence electrons. The summed E-state index contributed by atoms with van der Waals surface area (Å²) in [6, 6.07) is 18.4. The van der Waals surface area contributed by atoms with Gasteiger partial charge in [0.1, 0.15) is 0 Å². The van der Waals surface area contributed by atoms with Crippen LogP contribution in [-0.4, -0.2) is 35.8 Å². The molecule has 9 heteroatoms. The number of nitro groups is 1. The average molecular weight is 510 g/mol. The molecule has 0 aliphatic carbocycles. The molecule has 3 aromatic rings. The predicted molar refractivity (Wildman–Crippen MR) is 127 cm³/mol.